The molecule has 7 aromatic rings. The number of hydrogen-bond acceptors (Lipinski definition) is 0. The predicted octanol–water partition coefficient (Wildman–Crippen LogP) is 21.0. The van der Waals surface area contributed by atoms with Gasteiger partial charge in [0, 0.05) is 0 Å². The summed E-state index contributed by atoms with van der Waals surface area (Å²) in [5, 5.41) is 0. The minimum atomic E-state index is 2.00. The Morgan fingerprint density at radius 2 is 0.0833 bits per heavy atom. The third-order valence-corrected chi connectivity index (χ3v) is 4.67. The maximum Gasteiger partial charge on any atom is -0.0623 e. The lowest BCUT2D eigenvalue weighted by Gasteiger charge is -1.69. The van der Waals surface area contributed by atoms with Gasteiger partial charge in [-0.05, 0) is 0 Å². The fourth-order valence-electron chi connectivity index (χ4n) is 2.69. The molecule has 0 heterocycles. The van der Waals surface area contributed by atoms with Gasteiger partial charge in [0.2, 0.25) is 0 Å². The van der Waals surface area contributed by atoms with Crippen LogP contribution in [-0.2, 0) is 0 Å². The molecule has 7 rings (SSSR count). The van der Waals surface area contributed by atoms with Crippen LogP contribution < -0.4 is 0 Å². The van der Waals surface area contributed by atoms with Gasteiger partial charge in [-0.25, -0.2) is 0 Å². The van der Waals surface area contributed by atoms with Crippen molar-refractivity contribution in [3.63, 3.8) is 0 Å². The molecule has 0 aliphatic rings. The zero-order valence-corrected chi connectivity index (χ0v) is 42.2. The lowest BCUT2D eigenvalue weighted by atomic mass is 10.4. The molecule has 0 amide bonds. The van der Waals surface area contributed by atoms with Crippen LogP contribution in [0, 0.1) is 0 Å². The zero-order chi connectivity index (χ0) is 47.7. The van der Waals surface area contributed by atoms with Crippen molar-refractivity contribution in [2.75, 3.05) is 0 Å². The molecule has 0 unspecified atom stereocenters. The smallest absolute Gasteiger partial charge is 0.0623 e. The lowest BCUT2D eigenvalue weighted by Crippen LogP contribution is -1.47. The Kier molecular flexibility index (Phi) is 139. The predicted molar refractivity (Wildman–Crippen MR) is 287 cm³/mol. The van der Waals surface area contributed by atoms with Gasteiger partial charge in [0.05, 0.1) is 0 Å². The summed E-state index contributed by atoms with van der Waals surface area (Å²) >= 11 is 0. The first-order valence-electron chi connectivity index (χ1n) is 23.0. The second kappa shape index (κ2) is 111. The second-order valence-electron chi connectivity index (χ2n) is 8.08. The quantitative estimate of drug-likeness (QED) is 0.143. The van der Waals surface area contributed by atoms with Crippen LogP contribution >= 0.6 is 0 Å². The fraction of sp³-hybridized carbons (Fsp3) is 0.300. The molecule has 0 saturated heterocycles. The highest BCUT2D eigenvalue weighted by Gasteiger charge is 1.61. The van der Waals surface area contributed by atoms with Crippen molar-refractivity contribution in [1.82, 2.24) is 0 Å². The van der Waals surface area contributed by atoms with Gasteiger partial charge in [-0.2, -0.15) is 0 Å². The van der Waals surface area contributed by atoms with Crippen molar-refractivity contribution >= 4 is 0 Å². The maximum absolute atomic E-state index is 2.00. The highest BCUT2D eigenvalue weighted by molar-refractivity contribution is 5.02. The zero-order valence-electron chi connectivity index (χ0n) is 42.2. The van der Waals surface area contributed by atoms with E-state index in [9.17, 15) is 0 Å². The standard InChI is InChI=1S/7C6H6.9C2H6/c7*1-2-4-6-5-3-1;9*1-2/h7*1-6H;9*1-2H3. The van der Waals surface area contributed by atoms with E-state index in [1.807, 2.05) is 379 Å². The number of rotatable bonds is 0. The molecule has 0 nitrogen and oxygen atoms in total. The van der Waals surface area contributed by atoms with Crippen molar-refractivity contribution < 1.29 is 0 Å². The van der Waals surface area contributed by atoms with Gasteiger partial charge in [0.25, 0.3) is 0 Å². The van der Waals surface area contributed by atoms with Gasteiger partial charge in [-0.1, -0.05) is 379 Å². The van der Waals surface area contributed by atoms with Crippen LogP contribution in [-0.4, -0.2) is 0 Å². The summed E-state index contributed by atoms with van der Waals surface area (Å²) < 4.78 is 0. The van der Waals surface area contributed by atoms with Gasteiger partial charge in [0.1, 0.15) is 0 Å². The maximum atomic E-state index is 2.00. The Labute approximate surface area is 377 Å². The van der Waals surface area contributed by atoms with Crippen molar-refractivity contribution in [1.29, 1.82) is 0 Å². The molecule has 0 atom stereocenters. The van der Waals surface area contributed by atoms with Crippen LogP contribution in [0.1, 0.15) is 125 Å². The number of hydrogen-bond donors (Lipinski definition) is 0. The third-order valence-electron chi connectivity index (χ3n) is 4.67. The summed E-state index contributed by atoms with van der Waals surface area (Å²) in [4.78, 5) is 0. The van der Waals surface area contributed by atoms with E-state index in [0.717, 1.165) is 0 Å². The van der Waals surface area contributed by atoms with Crippen LogP contribution in [0.15, 0.2) is 255 Å². The number of benzene rings is 7. The largest absolute Gasteiger partial charge is 0.0683 e. The van der Waals surface area contributed by atoms with E-state index >= 15 is 0 Å². The van der Waals surface area contributed by atoms with Crippen molar-refractivity contribution in [2.45, 2.75) is 125 Å². The highest BCUT2D eigenvalue weighted by Crippen LogP contribution is 1.83. The molecule has 0 bridgehead atoms. The molecule has 0 aliphatic carbocycles. The summed E-state index contributed by atoms with van der Waals surface area (Å²) in [6, 6.07) is 84.0. The van der Waals surface area contributed by atoms with Gasteiger partial charge in [-0.3, -0.25) is 0 Å². The minimum absolute atomic E-state index is 2.00. The van der Waals surface area contributed by atoms with E-state index in [1.54, 1.807) is 0 Å². The first-order valence-corrected chi connectivity index (χ1v) is 23.0. The molecule has 0 heteroatoms. The molecular formula is C60H96. The average molecular weight is 817 g/mol. The molecule has 0 saturated carbocycles. The molecule has 0 fully saturated rings. The van der Waals surface area contributed by atoms with Gasteiger partial charge in [-0.15, -0.1) is 0 Å². The van der Waals surface area contributed by atoms with Crippen LogP contribution in [0.4, 0.5) is 0 Å². The van der Waals surface area contributed by atoms with Gasteiger partial charge >= 0.3 is 0 Å². The molecule has 0 radical (unpaired) electrons. The monoisotopic (exact) mass is 817 g/mol. The second-order valence-corrected chi connectivity index (χ2v) is 8.08. The van der Waals surface area contributed by atoms with E-state index in [0.29, 0.717) is 0 Å². The van der Waals surface area contributed by atoms with Gasteiger partial charge in [0.15, 0.2) is 0 Å². The molecule has 0 aromatic heterocycles. The van der Waals surface area contributed by atoms with E-state index in [4.69, 9.17) is 0 Å². The Morgan fingerprint density at radius 1 is 0.0667 bits per heavy atom. The fourth-order valence-corrected chi connectivity index (χ4v) is 2.69. The Balaban J connectivity index is -0.0000000680. The average Bonchev–Trinajstić information content (AvgIpc) is 3.44. The Bertz CT molecular complexity index is 813. The molecule has 60 heavy (non-hydrogen) atoms. The summed E-state index contributed by atoms with van der Waals surface area (Å²) in [6.45, 7) is 36.0. The summed E-state index contributed by atoms with van der Waals surface area (Å²) in [5.74, 6) is 0. The first-order chi connectivity index (χ1) is 30.0. The SMILES string of the molecule is CC.CC.CC.CC.CC.CC.CC.CC.CC.c1ccccc1.c1ccccc1.c1ccccc1.c1ccccc1.c1ccccc1.c1ccccc1.c1ccccc1. The van der Waals surface area contributed by atoms with Crippen LogP contribution in [0.3, 0.4) is 0 Å². The van der Waals surface area contributed by atoms with E-state index in [-0.39, 0.29) is 0 Å². The molecular weight excluding hydrogens is 721 g/mol. The van der Waals surface area contributed by atoms with Crippen molar-refractivity contribution in [2.24, 2.45) is 0 Å². The van der Waals surface area contributed by atoms with E-state index in [2.05, 4.69) is 0 Å². The summed E-state index contributed by atoms with van der Waals surface area (Å²) in [6.07, 6.45) is 0. The van der Waals surface area contributed by atoms with Gasteiger partial charge < -0.3 is 0 Å². The molecule has 7 aromatic carbocycles. The third kappa shape index (κ3) is 105. The van der Waals surface area contributed by atoms with E-state index < -0.39 is 0 Å². The normalized spacial score (nSPS) is 6.50. The van der Waals surface area contributed by atoms with E-state index in [1.165, 1.54) is 0 Å². The van der Waals surface area contributed by atoms with Crippen LogP contribution in [0.25, 0.3) is 0 Å². The topological polar surface area (TPSA) is 0 Å². The van der Waals surface area contributed by atoms with Crippen molar-refractivity contribution in [3.8, 4) is 0 Å². The van der Waals surface area contributed by atoms with Crippen LogP contribution in [0.2, 0.25) is 0 Å². The van der Waals surface area contributed by atoms with Crippen molar-refractivity contribution in [3.05, 3.63) is 255 Å². The summed E-state index contributed by atoms with van der Waals surface area (Å²) in [5.41, 5.74) is 0. The molecule has 336 valence electrons. The highest BCUT2D eigenvalue weighted by atomic mass is 13.7. The first kappa shape index (κ1) is 75.4. The van der Waals surface area contributed by atoms with Crippen LogP contribution in [0.5, 0.6) is 0 Å². The Morgan fingerprint density at radius 3 is 0.100 bits per heavy atom. The molecule has 0 spiro atoms. The lowest BCUT2D eigenvalue weighted by molar-refractivity contribution is 1.50. The molecule has 0 N–H and O–H groups in total. The molecule has 0 aliphatic heterocycles. The Hall–Kier alpha value is -5.46. The summed E-state index contributed by atoms with van der Waals surface area (Å²) in [7, 11) is 0. The minimum Gasteiger partial charge on any atom is -0.0683 e.